The lowest BCUT2D eigenvalue weighted by molar-refractivity contribution is -0.130. The monoisotopic (exact) mass is 277 g/mol. The highest BCUT2D eigenvalue weighted by molar-refractivity contribution is 7.99. The SMILES string of the molecule is Cc1ccc(CSCC(=O)N2CCC[C@H](C)C2)cc1. The van der Waals surface area contributed by atoms with Crippen LogP contribution in [0.15, 0.2) is 24.3 Å². The fourth-order valence-corrected chi connectivity index (χ4v) is 3.34. The number of nitrogens with zero attached hydrogens (tertiary/aromatic N) is 1. The van der Waals surface area contributed by atoms with Crippen molar-refractivity contribution in [1.29, 1.82) is 0 Å². The average molecular weight is 277 g/mol. The normalized spacial score (nSPS) is 19.5. The third-order valence-corrected chi connectivity index (χ3v) is 4.61. The van der Waals surface area contributed by atoms with Gasteiger partial charge in [-0.05, 0) is 31.2 Å². The predicted octanol–water partition coefficient (Wildman–Crippen LogP) is 3.49. The quantitative estimate of drug-likeness (QED) is 0.839. The fourth-order valence-electron chi connectivity index (χ4n) is 2.45. The van der Waals surface area contributed by atoms with Gasteiger partial charge in [0.05, 0.1) is 5.75 Å². The average Bonchev–Trinajstić information content (AvgIpc) is 2.41. The van der Waals surface area contributed by atoms with Crippen molar-refractivity contribution in [2.45, 2.75) is 32.4 Å². The lowest BCUT2D eigenvalue weighted by Crippen LogP contribution is -2.40. The minimum absolute atomic E-state index is 0.309. The molecule has 0 aliphatic carbocycles. The van der Waals surface area contributed by atoms with Crippen LogP contribution in [0.1, 0.15) is 30.9 Å². The Morgan fingerprint density at radius 1 is 1.37 bits per heavy atom. The molecule has 1 aliphatic heterocycles. The van der Waals surface area contributed by atoms with Crippen molar-refractivity contribution >= 4 is 17.7 Å². The zero-order chi connectivity index (χ0) is 13.7. The molecule has 1 aliphatic rings. The molecule has 0 radical (unpaired) electrons. The number of carbonyl (C=O) groups is 1. The molecule has 1 fully saturated rings. The molecule has 1 atom stereocenters. The number of aryl methyl sites for hydroxylation is 1. The number of thioether (sulfide) groups is 1. The van der Waals surface area contributed by atoms with Crippen molar-refractivity contribution < 1.29 is 4.79 Å². The van der Waals surface area contributed by atoms with E-state index in [-0.39, 0.29) is 0 Å². The highest BCUT2D eigenvalue weighted by atomic mass is 32.2. The molecule has 104 valence electrons. The van der Waals surface area contributed by atoms with Gasteiger partial charge in [-0.3, -0.25) is 4.79 Å². The second-order valence-electron chi connectivity index (χ2n) is 5.57. The van der Waals surface area contributed by atoms with Gasteiger partial charge in [0.15, 0.2) is 0 Å². The van der Waals surface area contributed by atoms with Crippen LogP contribution in [0.25, 0.3) is 0 Å². The molecule has 1 aromatic carbocycles. The molecule has 2 rings (SSSR count). The second kappa shape index (κ2) is 6.99. The summed E-state index contributed by atoms with van der Waals surface area (Å²) in [6.45, 7) is 6.23. The van der Waals surface area contributed by atoms with E-state index in [2.05, 4.69) is 38.1 Å². The van der Waals surface area contributed by atoms with Crippen molar-refractivity contribution in [2.24, 2.45) is 5.92 Å². The van der Waals surface area contributed by atoms with Gasteiger partial charge in [-0.1, -0.05) is 36.8 Å². The molecular weight excluding hydrogens is 254 g/mol. The van der Waals surface area contributed by atoms with Crippen LogP contribution in [0, 0.1) is 12.8 Å². The third-order valence-electron chi connectivity index (χ3n) is 3.62. The van der Waals surface area contributed by atoms with E-state index in [0.29, 0.717) is 17.6 Å². The van der Waals surface area contributed by atoms with Crippen molar-refractivity contribution in [3.63, 3.8) is 0 Å². The van der Waals surface area contributed by atoms with Crippen LogP contribution in [0.3, 0.4) is 0 Å². The Kier molecular flexibility index (Phi) is 5.32. The van der Waals surface area contributed by atoms with Crippen LogP contribution in [-0.4, -0.2) is 29.6 Å². The van der Waals surface area contributed by atoms with Gasteiger partial charge in [0.2, 0.25) is 5.91 Å². The molecule has 1 amide bonds. The van der Waals surface area contributed by atoms with Gasteiger partial charge in [-0.2, -0.15) is 0 Å². The zero-order valence-electron chi connectivity index (χ0n) is 11.9. The summed E-state index contributed by atoms with van der Waals surface area (Å²) in [5.74, 6) is 2.51. The molecule has 2 nitrogen and oxygen atoms in total. The summed E-state index contributed by atoms with van der Waals surface area (Å²) in [7, 11) is 0. The summed E-state index contributed by atoms with van der Waals surface area (Å²) in [4.78, 5) is 14.1. The van der Waals surface area contributed by atoms with Crippen LogP contribution >= 0.6 is 11.8 Å². The first-order valence-corrected chi connectivity index (χ1v) is 8.21. The lowest BCUT2D eigenvalue weighted by Gasteiger charge is -2.30. The number of hydrogen-bond donors (Lipinski definition) is 0. The Morgan fingerprint density at radius 2 is 2.11 bits per heavy atom. The number of carbonyl (C=O) groups excluding carboxylic acids is 1. The Hall–Kier alpha value is -0.960. The second-order valence-corrected chi connectivity index (χ2v) is 6.55. The fraction of sp³-hybridized carbons (Fsp3) is 0.562. The first kappa shape index (κ1) is 14.4. The molecule has 19 heavy (non-hydrogen) atoms. The third kappa shape index (κ3) is 4.57. The summed E-state index contributed by atoms with van der Waals surface area (Å²) < 4.78 is 0. The Balaban J connectivity index is 1.73. The molecule has 0 bridgehead atoms. The minimum Gasteiger partial charge on any atom is -0.342 e. The first-order chi connectivity index (χ1) is 9.15. The number of rotatable bonds is 4. The molecular formula is C16H23NOS. The van der Waals surface area contributed by atoms with Gasteiger partial charge >= 0.3 is 0 Å². The van der Waals surface area contributed by atoms with Crippen molar-refractivity contribution in [3.8, 4) is 0 Å². The van der Waals surface area contributed by atoms with E-state index in [1.165, 1.54) is 17.5 Å². The van der Waals surface area contributed by atoms with E-state index in [9.17, 15) is 4.79 Å². The molecule has 0 spiro atoms. The van der Waals surface area contributed by atoms with Gasteiger partial charge in [-0.25, -0.2) is 0 Å². The zero-order valence-corrected chi connectivity index (χ0v) is 12.7. The highest BCUT2D eigenvalue weighted by Gasteiger charge is 2.20. The topological polar surface area (TPSA) is 20.3 Å². The number of likely N-dealkylation sites (tertiary alicyclic amines) is 1. The smallest absolute Gasteiger partial charge is 0.232 e. The molecule has 1 aromatic rings. The van der Waals surface area contributed by atoms with Crippen molar-refractivity contribution in [1.82, 2.24) is 4.90 Å². The van der Waals surface area contributed by atoms with Crippen molar-refractivity contribution in [2.75, 3.05) is 18.8 Å². The molecule has 0 N–H and O–H groups in total. The van der Waals surface area contributed by atoms with Gasteiger partial charge in [0, 0.05) is 18.8 Å². The van der Waals surface area contributed by atoms with E-state index in [4.69, 9.17) is 0 Å². The lowest BCUT2D eigenvalue weighted by atomic mass is 10.0. The van der Waals surface area contributed by atoms with Crippen LogP contribution in [0.5, 0.6) is 0 Å². The maximum atomic E-state index is 12.1. The molecule has 0 aromatic heterocycles. The van der Waals surface area contributed by atoms with Crippen LogP contribution < -0.4 is 0 Å². The van der Waals surface area contributed by atoms with E-state index in [1.807, 2.05) is 4.90 Å². The van der Waals surface area contributed by atoms with E-state index in [0.717, 1.165) is 25.3 Å². The summed E-state index contributed by atoms with van der Waals surface area (Å²) in [6, 6.07) is 8.56. The molecule has 1 heterocycles. The van der Waals surface area contributed by atoms with Gasteiger partial charge in [-0.15, -0.1) is 11.8 Å². The summed E-state index contributed by atoms with van der Waals surface area (Å²) in [5, 5.41) is 0. The Morgan fingerprint density at radius 3 is 2.79 bits per heavy atom. The Labute approximate surface area is 120 Å². The molecule has 1 saturated heterocycles. The summed E-state index contributed by atoms with van der Waals surface area (Å²) in [5.41, 5.74) is 2.59. The first-order valence-electron chi connectivity index (χ1n) is 7.06. The molecule has 0 saturated carbocycles. The van der Waals surface area contributed by atoms with E-state index >= 15 is 0 Å². The van der Waals surface area contributed by atoms with Gasteiger partial charge in [0.25, 0.3) is 0 Å². The van der Waals surface area contributed by atoms with E-state index in [1.54, 1.807) is 11.8 Å². The summed E-state index contributed by atoms with van der Waals surface area (Å²) in [6.07, 6.45) is 2.43. The summed E-state index contributed by atoms with van der Waals surface area (Å²) >= 11 is 1.72. The number of piperidine rings is 1. The van der Waals surface area contributed by atoms with Crippen LogP contribution in [-0.2, 0) is 10.5 Å². The van der Waals surface area contributed by atoms with Crippen LogP contribution in [0.4, 0.5) is 0 Å². The largest absolute Gasteiger partial charge is 0.342 e. The van der Waals surface area contributed by atoms with Gasteiger partial charge < -0.3 is 4.90 Å². The number of hydrogen-bond acceptors (Lipinski definition) is 2. The maximum Gasteiger partial charge on any atom is 0.232 e. The maximum absolute atomic E-state index is 12.1. The molecule has 0 unspecified atom stereocenters. The number of benzene rings is 1. The number of amides is 1. The van der Waals surface area contributed by atoms with Crippen molar-refractivity contribution in [3.05, 3.63) is 35.4 Å². The Bertz CT molecular complexity index is 415. The predicted molar refractivity (Wildman–Crippen MR) is 82.3 cm³/mol. The minimum atomic E-state index is 0.309. The standard InChI is InChI=1S/C16H23NOS/c1-13-5-7-15(8-6-13)11-19-12-16(18)17-9-3-4-14(2)10-17/h5-8,14H,3-4,9-12H2,1-2H3/t14-/m0/s1. The van der Waals surface area contributed by atoms with Gasteiger partial charge in [0.1, 0.15) is 0 Å². The van der Waals surface area contributed by atoms with Crippen LogP contribution in [0.2, 0.25) is 0 Å². The molecule has 3 heteroatoms. The van der Waals surface area contributed by atoms with E-state index < -0.39 is 0 Å². The highest BCUT2D eigenvalue weighted by Crippen LogP contribution is 2.18.